The molecule has 0 unspecified atom stereocenters. The Bertz CT molecular complexity index is 611. The fraction of sp³-hybridized carbons (Fsp3) is 0.375. The van der Waals surface area contributed by atoms with Gasteiger partial charge in [0, 0.05) is 38.4 Å². The van der Waals surface area contributed by atoms with Gasteiger partial charge in [-0.15, -0.1) is 0 Å². The van der Waals surface area contributed by atoms with Crippen LogP contribution in [-0.2, 0) is 0 Å². The van der Waals surface area contributed by atoms with Crippen molar-refractivity contribution in [1.82, 2.24) is 10.3 Å². The van der Waals surface area contributed by atoms with E-state index in [1.54, 1.807) is 24.4 Å². The van der Waals surface area contributed by atoms with Crippen LogP contribution in [0.25, 0.3) is 0 Å². The quantitative estimate of drug-likeness (QED) is 0.853. The summed E-state index contributed by atoms with van der Waals surface area (Å²) in [4.78, 5) is 18.2. The van der Waals surface area contributed by atoms with E-state index in [1.807, 2.05) is 32.0 Å². The zero-order valence-corrected chi connectivity index (χ0v) is 13.0. The molecule has 118 valence electrons. The molecule has 0 spiro atoms. The third-order valence-electron chi connectivity index (χ3n) is 3.32. The summed E-state index contributed by atoms with van der Waals surface area (Å²) in [5.41, 5.74) is 1.26. The van der Waals surface area contributed by atoms with Gasteiger partial charge in [0.25, 0.3) is 5.91 Å². The normalized spacial score (nSPS) is 13.5. The molecule has 2 atom stereocenters. The molecular formula is C16H21N3O3. The second-order valence-corrected chi connectivity index (χ2v) is 5.44. The van der Waals surface area contributed by atoms with Crippen molar-refractivity contribution in [2.45, 2.75) is 25.5 Å². The van der Waals surface area contributed by atoms with Gasteiger partial charge in [0.1, 0.15) is 17.6 Å². The van der Waals surface area contributed by atoms with E-state index in [2.05, 4.69) is 10.3 Å². The maximum absolute atomic E-state index is 12.2. The number of aliphatic hydroxyl groups is 1. The van der Waals surface area contributed by atoms with E-state index in [-0.39, 0.29) is 11.9 Å². The monoisotopic (exact) mass is 303 g/mol. The highest BCUT2D eigenvalue weighted by molar-refractivity contribution is 5.93. The Morgan fingerprint density at radius 1 is 1.45 bits per heavy atom. The van der Waals surface area contributed by atoms with Gasteiger partial charge < -0.3 is 19.7 Å². The fourth-order valence-corrected chi connectivity index (χ4v) is 2.11. The van der Waals surface area contributed by atoms with Crippen molar-refractivity contribution in [3.05, 3.63) is 48.2 Å². The molecule has 1 amide bonds. The number of aliphatic hydroxyl groups excluding tert-OH is 1. The number of hydrogen-bond acceptors (Lipinski definition) is 5. The van der Waals surface area contributed by atoms with E-state index in [9.17, 15) is 9.90 Å². The SMILES string of the molecule is C[C@H](C[C@H](O)c1ccco1)NC(=O)c1cc(N(C)C)ccn1. The van der Waals surface area contributed by atoms with Crippen LogP contribution in [0, 0.1) is 0 Å². The van der Waals surface area contributed by atoms with Crippen molar-refractivity contribution >= 4 is 11.6 Å². The molecule has 6 heteroatoms. The maximum Gasteiger partial charge on any atom is 0.270 e. The Labute approximate surface area is 129 Å². The van der Waals surface area contributed by atoms with Crippen molar-refractivity contribution in [3.8, 4) is 0 Å². The summed E-state index contributed by atoms with van der Waals surface area (Å²) in [6, 6.07) is 6.78. The first-order valence-electron chi connectivity index (χ1n) is 7.13. The van der Waals surface area contributed by atoms with Crippen LogP contribution in [0.1, 0.15) is 35.7 Å². The Kier molecular flexibility index (Phi) is 5.16. The predicted molar refractivity (Wildman–Crippen MR) is 83.8 cm³/mol. The lowest BCUT2D eigenvalue weighted by Gasteiger charge is -2.17. The van der Waals surface area contributed by atoms with Gasteiger partial charge in [-0.05, 0) is 31.2 Å². The Morgan fingerprint density at radius 2 is 2.23 bits per heavy atom. The van der Waals surface area contributed by atoms with Crippen molar-refractivity contribution in [1.29, 1.82) is 0 Å². The lowest BCUT2D eigenvalue weighted by Crippen LogP contribution is -2.34. The van der Waals surface area contributed by atoms with Gasteiger partial charge >= 0.3 is 0 Å². The molecule has 2 N–H and O–H groups in total. The second kappa shape index (κ2) is 7.09. The van der Waals surface area contributed by atoms with E-state index >= 15 is 0 Å². The van der Waals surface area contributed by atoms with Gasteiger partial charge in [0.05, 0.1) is 6.26 Å². The maximum atomic E-state index is 12.2. The highest BCUT2D eigenvalue weighted by Gasteiger charge is 2.17. The standard InChI is InChI=1S/C16H21N3O3/c1-11(9-14(20)15-5-4-8-22-15)18-16(21)13-10-12(19(2)3)6-7-17-13/h4-8,10-11,14,20H,9H2,1-3H3,(H,18,21)/t11-,14+/m1/s1. The van der Waals surface area contributed by atoms with Crippen LogP contribution >= 0.6 is 0 Å². The van der Waals surface area contributed by atoms with E-state index in [0.717, 1.165) is 5.69 Å². The lowest BCUT2D eigenvalue weighted by molar-refractivity contribution is 0.0898. The summed E-state index contributed by atoms with van der Waals surface area (Å²) in [6.45, 7) is 1.83. The number of amides is 1. The molecule has 2 aromatic heterocycles. The number of carbonyl (C=O) groups excluding carboxylic acids is 1. The fourth-order valence-electron chi connectivity index (χ4n) is 2.11. The first kappa shape index (κ1) is 16.0. The molecule has 0 fully saturated rings. The molecule has 22 heavy (non-hydrogen) atoms. The van der Waals surface area contributed by atoms with Crippen LogP contribution in [-0.4, -0.2) is 36.1 Å². The molecule has 0 saturated carbocycles. The molecule has 0 aliphatic heterocycles. The zero-order chi connectivity index (χ0) is 16.1. The summed E-state index contributed by atoms with van der Waals surface area (Å²) < 4.78 is 5.15. The Hall–Kier alpha value is -2.34. The topological polar surface area (TPSA) is 78.6 Å². The highest BCUT2D eigenvalue weighted by atomic mass is 16.4. The first-order chi connectivity index (χ1) is 10.5. The Balaban J connectivity index is 1.95. The smallest absolute Gasteiger partial charge is 0.270 e. The zero-order valence-electron chi connectivity index (χ0n) is 13.0. The number of nitrogens with zero attached hydrogens (tertiary/aromatic N) is 2. The van der Waals surface area contributed by atoms with Gasteiger partial charge in [-0.2, -0.15) is 0 Å². The van der Waals surface area contributed by atoms with Crippen molar-refractivity contribution < 1.29 is 14.3 Å². The summed E-state index contributed by atoms with van der Waals surface area (Å²) in [6.07, 6.45) is 2.74. The first-order valence-corrected chi connectivity index (χ1v) is 7.13. The third-order valence-corrected chi connectivity index (χ3v) is 3.32. The van der Waals surface area contributed by atoms with E-state index < -0.39 is 6.10 Å². The Morgan fingerprint density at radius 3 is 2.86 bits per heavy atom. The van der Waals surface area contributed by atoms with Crippen LogP contribution in [0.4, 0.5) is 5.69 Å². The van der Waals surface area contributed by atoms with Gasteiger partial charge in [0.2, 0.25) is 0 Å². The van der Waals surface area contributed by atoms with Crippen LogP contribution in [0.2, 0.25) is 0 Å². The van der Waals surface area contributed by atoms with E-state index in [4.69, 9.17) is 4.42 Å². The molecule has 0 radical (unpaired) electrons. The largest absolute Gasteiger partial charge is 0.467 e. The molecule has 6 nitrogen and oxygen atoms in total. The summed E-state index contributed by atoms with van der Waals surface area (Å²) in [5.74, 6) is 0.233. The summed E-state index contributed by atoms with van der Waals surface area (Å²) in [7, 11) is 3.80. The number of hydrogen-bond donors (Lipinski definition) is 2. The minimum Gasteiger partial charge on any atom is -0.467 e. The van der Waals surface area contributed by atoms with E-state index in [1.165, 1.54) is 6.26 Å². The summed E-state index contributed by atoms with van der Waals surface area (Å²) in [5, 5.41) is 12.8. The number of carbonyl (C=O) groups is 1. The predicted octanol–water partition coefficient (Wildman–Crippen LogP) is 1.98. The van der Waals surface area contributed by atoms with Gasteiger partial charge in [0.15, 0.2) is 0 Å². The molecule has 0 aliphatic rings. The molecule has 0 aliphatic carbocycles. The average molecular weight is 303 g/mol. The number of anilines is 1. The summed E-state index contributed by atoms with van der Waals surface area (Å²) >= 11 is 0. The molecule has 2 rings (SSSR count). The van der Waals surface area contributed by atoms with Crippen molar-refractivity contribution in [2.75, 3.05) is 19.0 Å². The van der Waals surface area contributed by atoms with Crippen molar-refractivity contribution in [3.63, 3.8) is 0 Å². The molecule has 0 bridgehead atoms. The van der Waals surface area contributed by atoms with Gasteiger partial charge in [-0.1, -0.05) is 0 Å². The molecule has 2 aromatic rings. The number of rotatable bonds is 6. The highest BCUT2D eigenvalue weighted by Crippen LogP contribution is 2.18. The third kappa shape index (κ3) is 4.08. The molecule has 0 saturated heterocycles. The van der Waals surface area contributed by atoms with Crippen LogP contribution < -0.4 is 10.2 Å². The average Bonchev–Trinajstić information content (AvgIpc) is 3.01. The minimum absolute atomic E-state index is 0.211. The number of furan rings is 1. The van der Waals surface area contributed by atoms with Crippen molar-refractivity contribution in [2.24, 2.45) is 0 Å². The molecule has 0 aromatic carbocycles. The van der Waals surface area contributed by atoms with Gasteiger partial charge in [-0.3, -0.25) is 9.78 Å². The molecule has 2 heterocycles. The van der Waals surface area contributed by atoms with Gasteiger partial charge in [-0.25, -0.2) is 0 Å². The van der Waals surface area contributed by atoms with Crippen LogP contribution in [0.3, 0.4) is 0 Å². The second-order valence-electron chi connectivity index (χ2n) is 5.44. The molecular weight excluding hydrogens is 282 g/mol. The number of nitrogens with one attached hydrogen (secondary N) is 1. The van der Waals surface area contributed by atoms with Crippen LogP contribution in [0.5, 0.6) is 0 Å². The number of aromatic nitrogens is 1. The minimum atomic E-state index is -0.744. The number of pyridine rings is 1. The lowest BCUT2D eigenvalue weighted by atomic mass is 10.1. The van der Waals surface area contributed by atoms with Crippen LogP contribution in [0.15, 0.2) is 41.1 Å². The van der Waals surface area contributed by atoms with E-state index in [0.29, 0.717) is 17.9 Å².